The van der Waals surface area contributed by atoms with Crippen LogP contribution in [-0.4, -0.2) is 30.4 Å². The van der Waals surface area contributed by atoms with Crippen molar-refractivity contribution >= 4 is 16.9 Å². The number of rotatable bonds is 4. The van der Waals surface area contributed by atoms with E-state index < -0.39 is 17.3 Å². The van der Waals surface area contributed by atoms with E-state index in [1.165, 1.54) is 25.5 Å². The van der Waals surface area contributed by atoms with Crippen molar-refractivity contribution in [1.29, 1.82) is 0 Å². The van der Waals surface area contributed by atoms with Crippen molar-refractivity contribution in [2.24, 2.45) is 0 Å². The van der Waals surface area contributed by atoms with Crippen LogP contribution in [-0.2, 0) is 4.79 Å². The van der Waals surface area contributed by atoms with E-state index in [0.29, 0.717) is 22.4 Å². The second kappa shape index (κ2) is 8.15. The first-order valence-corrected chi connectivity index (χ1v) is 10.4. The van der Waals surface area contributed by atoms with Gasteiger partial charge >= 0.3 is 5.97 Å². The van der Waals surface area contributed by atoms with Crippen LogP contribution in [0.3, 0.4) is 0 Å². The number of ether oxygens (including phenoxy) is 3. The van der Waals surface area contributed by atoms with Crippen LogP contribution in [0.15, 0.2) is 64.0 Å². The molecule has 2 heterocycles. The number of esters is 1. The predicted molar refractivity (Wildman–Crippen MR) is 123 cm³/mol. The van der Waals surface area contributed by atoms with Gasteiger partial charge in [0.15, 0.2) is 11.5 Å². The second-order valence-electron chi connectivity index (χ2n) is 7.88. The largest absolute Gasteiger partial charge is 0.507 e. The van der Waals surface area contributed by atoms with E-state index in [2.05, 4.69) is 0 Å². The van der Waals surface area contributed by atoms with Crippen LogP contribution in [0, 0.1) is 0 Å². The summed E-state index contributed by atoms with van der Waals surface area (Å²) >= 11 is 0. The van der Waals surface area contributed by atoms with Gasteiger partial charge in [0.05, 0.1) is 26.2 Å². The molecule has 5 rings (SSSR count). The molecule has 0 fully saturated rings. The van der Waals surface area contributed by atoms with Crippen LogP contribution in [0.5, 0.6) is 28.7 Å². The first kappa shape index (κ1) is 21.4. The summed E-state index contributed by atoms with van der Waals surface area (Å²) in [7, 11) is 2.99. The van der Waals surface area contributed by atoms with Crippen molar-refractivity contribution in [3.8, 4) is 39.9 Å². The molecule has 3 aromatic carbocycles. The summed E-state index contributed by atoms with van der Waals surface area (Å²) in [5.41, 5.74) is 1.58. The third kappa shape index (κ3) is 3.40. The molecule has 1 aromatic heterocycles. The molecule has 0 spiro atoms. The lowest BCUT2D eigenvalue weighted by Gasteiger charge is -2.26. The van der Waals surface area contributed by atoms with Crippen molar-refractivity contribution in [2.75, 3.05) is 14.2 Å². The summed E-state index contributed by atoms with van der Waals surface area (Å²) in [6.07, 6.45) is 1.29. The molecule has 172 valence electrons. The molecule has 0 radical (unpaired) electrons. The minimum Gasteiger partial charge on any atom is -0.507 e. The molecule has 0 saturated heterocycles. The Morgan fingerprint density at radius 2 is 1.71 bits per heavy atom. The number of hydrogen-bond donors (Lipinski definition) is 2. The van der Waals surface area contributed by atoms with Crippen LogP contribution < -0.4 is 19.6 Å². The zero-order chi connectivity index (χ0) is 24.0. The highest BCUT2D eigenvalue weighted by atomic mass is 16.5. The van der Waals surface area contributed by atoms with E-state index in [4.69, 9.17) is 18.6 Å². The number of carbonyl (C=O) groups is 1. The standard InChI is InChI=1S/C26H20O8/c1-31-15-6-3-13(4-7-15)17-12-33-26-23-16(14-5-8-20(32-2)18(27)9-14)10-22(29)34-21(23)11-19(28)24(26)25(17)30/h3-9,11-12,16,27-28H,10H2,1-2H3. The highest BCUT2D eigenvalue weighted by Gasteiger charge is 2.34. The number of aromatic hydroxyl groups is 2. The van der Waals surface area contributed by atoms with E-state index in [1.54, 1.807) is 43.5 Å². The first-order valence-electron chi connectivity index (χ1n) is 10.4. The molecule has 2 N–H and O–H groups in total. The number of benzene rings is 3. The van der Waals surface area contributed by atoms with Crippen LogP contribution in [0.1, 0.15) is 23.5 Å². The number of methoxy groups -OCH3 is 2. The monoisotopic (exact) mass is 460 g/mol. The highest BCUT2D eigenvalue weighted by molar-refractivity contribution is 5.94. The molecule has 1 aliphatic rings. The fraction of sp³-hybridized carbons (Fsp3) is 0.154. The lowest BCUT2D eigenvalue weighted by atomic mass is 9.84. The molecule has 1 aliphatic heterocycles. The summed E-state index contributed by atoms with van der Waals surface area (Å²) in [4.78, 5) is 25.7. The molecule has 0 saturated carbocycles. The van der Waals surface area contributed by atoms with Gasteiger partial charge in [-0.3, -0.25) is 9.59 Å². The maximum Gasteiger partial charge on any atom is 0.312 e. The Bertz CT molecular complexity index is 1480. The maximum atomic E-state index is 13.4. The van der Waals surface area contributed by atoms with Gasteiger partial charge in [0.1, 0.15) is 34.5 Å². The fourth-order valence-electron chi connectivity index (χ4n) is 4.31. The van der Waals surface area contributed by atoms with Crippen molar-refractivity contribution in [3.63, 3.8) is 0 Å². The van der Waals surface area contributed by atoms with Gasteiger partial charge in [0.25, 0.3) is 0 Å². The summed E-state index contributed by atoms with van der Waals surface area (Å²) in [6.45, 7) is 0. The molecule has 1 unspecified atom stereocenters. The fourth-order valence-corrected chi connectivity index (χ4v) is 4.31. The van der Waals surface area contributed by atoms with Gasteiger partial charge in [-0.1, -0.05) is 18.2 Å². The molecule has 1 atom stereocenters. The zero-order valence-corrected chi connectivity index (χ0v) is 18.3. The third-order valence-corrected chi connectivity index (χ3v) is 5.98. The van der Waals surface area contributed by atoms with Crippen molar-refractivity contribution in [3.05, 3.63) is 76.1 Å². The van der Waals surface area contributed by atoms with E-state index in [9.17, 15) is 19.8 Å². The second-order valence-corrected chi connectivity index (χ2v) is 7.88. The van der Waals surface area contributed by atoms with E-state index in [1.807, 2.05) is 0 Å². The molecular formula is C26H20O8. The highest BCUT2D eigenvalue weighted by Crippen LogP contribution is 2.46. The van der Waals surface area contributed by atoms with Crippen molar-refractivity contribution in [2.45, 2.75) is 12.3 Å². The number of fused-ring (bicyclic) bond motifs is 3. The third-order valence-electron chi connectivity index (χ3n) is 5.98. The Morgan fingerprint density at radius 3 is 2.38 bits per heavy atom. The zero-order valence-electron chi connectivity index (χ0n) is 18.3. The molecule has 8 heteroatoms. The Labute approximate surface area is 193 Å². The average Bonchev–Trinajstić information content (AvgIpc) is 2.83. The Kier molecular flexibility index (Phi) is 5.13. The lowest BCUT2D eigenvalue weighted by Crippen LogP contribution is -2.22. The van der Waals surface area contributed by atoms with Gasteiger partial charge in [0, 0.05) is 17.5 Å². The van der Waals surface area contributed by atoms with Crippen molar-refractivity contribution in [1.82, 2.24) is 0 Å². The molecule has 8 nitrogen and oxygen atoms in total. The first-order chi connectivity index (χ1) is 16.4. The molecule has 0 aliphatic carbocycles. The summed E-state index contributed by atoms with van der Waals surface area (Å²) < 4.78 is 21.5. The van der Waals surface area contributed by atoms with Gasteiger partial charge in [-0.05, 0) is 35.4 Å². The smallest absolute Gasteiger partial charge is 0.312 e. The van der Waals surface area contributed by atoms with Gasteiger partial charge in [-0.25, -0.2) is 0 Å². The summed E-state index contributed by atoms with van der Waals surface area (Å²) in [5.74, 6) is -0.514. The molecule has 0 amide bonds. The Hall–Kier alpha value is -4.46. The van der Waals surface area contributed by atoms with E-state index >= 15 is 0 Å². The number of carbonyl (C=O) groups excluding carboxylic acids is 1. The van der Waals surface area contributed by atoms with Gasteiger partial charge < -0.3 is 28.8 Å². The minimum atomic E-state index is -0.578. The molecular weight excluding hydrogens is 440 g/mol. The maximum absolute atomic E-state index is 13.4. The van der Waals surface area contributed by atoms with Gasteiger partial charge in [-0.15, -0.1) is 0 Å². The Morgan fingerprint density at radius 1 is 0.941 bits per heavy atom. The topological polar surface area (TPSA) is 115 Å². The van der Waals surface area contributed by atoms with Gasteiger partial charge in [0.2, 0.25) is 5.43 Å². The SMILES string of the molecule is COc1ccc(-c2coc3c4c(cc(O)c3c2=O)OC(=O)CC4c2ccc(OC)c(O)c2)cc1. The van der Waals surface area contributed by atoms with Crippen molar-refractivity contribution < 1.29 is 33.6 Å². The van der Waals surface area contributed by atoms with E-state index in [-0.39, 0.29) is 46.0 Å². The Balaban J connectivity index is 1.72. The van der Waals surface area contributed by atoms with Crippen LogP contribution in [0.25, 0.3) is 22.1 Å². The molecule has 4 aromatic rings. The summed E-state index contributed by atoms with van der Waals surface area (Å²) in [6, 6.07) is 12.9. The summed E-state index contributed by atoms with van der Waals surface area (Å²) in [5, 5.41) is 20.9. The predicted octanol–water partition coefficient (Wildman–Crippen LogP) is 4.33. The number of phenols is 2. The quantitative estimate of drug-likeness (QED) is 0.342. The molecule has 0 bridgehead atoms. The number of phenolic OH excluding ortho intramolecular Hbond substituents is 2. The average molecular weight is 460 g/mol. The normalized spacial score (nSPS) is 15.0. The molecule has 34 heavy (non-hydrogen) atoms. The minimum absolute atomic E-state index is 0.0206. The lowest BCUT2D eigenvalue weighted by molar-refractivity contribution is -0.135. The van der Waals surface area contributed by atoms with Crippen LogP contribution in [0.2, 0.25) is 0 Å². The van der Waals surface area contributed by atoms with Gasteiger partial charge in [-0.2, -0.15) is 0 Å². The van der Waals surface area contributed by atoms with Crippen LogP contribution in [0.4, 0.5) is 0 Å². The number of hydrogen-bond acceptors (Lipinski definition) is 8. The van der Waals surface area contributed by atoms with Crippen LogP contribution >= 0.6 is 0 Å². The van der Waals surface area contributed by atoms with E-state index in [0.717, 1.165) is 0 Å².